The van der Waals surface area contributed by atoms with Crippen molar-refractivity contribution in [1.29, 1.82) is 10.5 Å². The number of anilines is 2. The highest BCUT2D eigenvalue weighted by Gasteiger charge is 2.21. The second kappa shape index (κ2) is 6.06. The van der Waals surface area contributed by atoms with Gasteiger partial charge in [-0.05, 0) is 12.1 Å². The summed E-state index contributed by atoms with van der Waals surface area (Å²) in [7, 11) is 0. The van der Waals surface area contributed by atoms with Gasteiger partial charge in [-0.2, -0.15) is 10.5 Å². The van der Waals surface area contributed by atoms with E-state index in [2.05, 4.69) is 30.8 Å². The Labute approximate surface area is 128 Å². The number of aromatic nitrogens is 3. The zero-order valence-electron chi connectivity index (χ0n) is 11.8. The Hall–Kier alpha value is -3.19. The topological polar surface area (TPSA) is 92.7 Å². The second-order valence-corrected chi connectivity index (χ2v) is 4.83. The molecule has 0 spiro atoms. The maximum atomic E-state index is 9.16. The molecule has 0 aliphatic carbocycles. The highest BCUT2D eigenvalue weighted by atomic mass is 15.3. The predicted molar refractivity (Wildman–Crippen MR) is 80.1 cm³/mol. The van der Waals surface area contributed by atoms with E-state index in [-0.39, 0.29) is 0 Å². The van der Waals surface area contributed by atoms with E-state index in [1.807, 2.05) is 6.07 Å². The maximum absolute atomic E-state index is 9.16. The van der Waals surface area contributed by atoms with E-state index >= 15 is 0 Å². The standard InChI is InChI=1S/C15H13N7/c16-8-12-2-1-3-18-15(12)22-6-4-21(5-7-22)14-11-19-13(9-17)10-20-14/h1-3,10-11H,4-7H2. The molecule has 0 bridgehead atoms. The van der Waals surface area contributed by atoms with Crippen molar-refractivity contribution in [2.75, 3.05) is 36.0 Å². The van der Waals surface area contributed by atoms with Crippen LogP contribution in [-0.4, -0.2) is 41.1 Å². The quantitative estimate of drug-likeness (QED) is 0.813. The molecule has 7 heteroatoms. The van der Waals surface area contributed by atoms with Gasteiger partial charge in [0.1, 0.15) is 23.8 Å². The van der Waals surface area contributed by atoms with Crippen molar-refractivity contribution in [3.63, 3.8) is 0 Å². The number of piperazine rings is 1. The van der Waals surface area contributed by atoms with Gasteiger partial charge in [0.05, 0.1) is 18.0 Å². The first-order chi connectivity index (χ1) is 10.8. The number of nitriles is 2. The van der Waals surface area contributed by atoms with Crippen molar-refractivity contribution >= 4 is 11.6 Å². The normalized spacial score (nSPS) is 14.3. The lowest BCUT2D eigenvalue weighted by atomic mass is 10.2. The summed E-state index contributed by atoms with van der Waals surface area (Å²) in [5.41, 5.74) is 0.906. The Morgan fingerprint density at radius 3 is 2.32 bits per heavy atom. The molecule has 1 aliphatic rings. The molecule has 0 atom stereocenters. The van der Waals surface area contributed by atoms with Crippen LogP contribution in [0.2, 0.25) is 0 Å². The van der Waals surface area contributed by atoms with Gasteiger partial charge in [-0.1, -0.05) is 0 Å². The van der Waals surface area contributed by atoms with Gasteiger partial charge >= 0.3 is 0 Å². The molecular weight excluding hydrogens is 278 g/mol. The molecule has 2 aromatic heterocycles. The lowest BCUT2D eigenvalue weighted by Gasteiger charge is -2.36. The van der Waals surface area contributed by atoms with E-state index in [1.165, 1.54) is 6.20 Å². The average molecular weight is 291 g/mol. The van der Waals surface area contributed by atoms with Crippen LogP contribution in [0.15, 0.2) is 30.7 Å². The summed E-state index contributed by atoms with van der Waals surface area (Å²) in [6.07, 6.45) is 4.80. The molecule has 0 N–H and O–H groups in total. The summed E-state index contributed by atoms with van der Waals surface area (Å²) in [6.45, 7) is 3.05. The van der Waals surface area contributed by atoms with Crippen molar-refractivity contribution in [3.8, 4) is 12.1 Å². The lowest BCUT2D eigenvalue weighted by molar-refractivity contribution is 0.640. The van der Waals surface area contributed by atoms with Crippen LogP contribution in [0.4, 0.5) is 11.6 Å². The average Bonchev–Trinajstić information content (AvgIpc) is 2.62. The number of rotatable bonds is 2. The summed E-state index contributed by atoms with van der Waals surface area (Å²) in [6, 6.07) is 7.68. The van der Waals surface area contributed by atoms with E-state index in [0.29, 0.717) is 11.3 Å². The molecule has 3 heterocycles. The molecule has 1 saturated heterocycles. The minimum Gasteiger partial charge on any atom is -0.352 e. The minimum atomic E-state index is 0.314. The molecule has 3 rings (SSSR count). The molecule has 1 fully saturated rings. The van der Waals surface area contributed by atoms with Crippen molar-refractivity contribution in [2.45, 2.75) is 0 Å². The van der Waals surface area contributed by atoms with Crippen molar-refractivity contribution in [3.05, 3.63) is 42.0 Å². The first kappa shape index (κ1) is 13.8. The molecule has 0 aromatic carbocycles. The van der Waals surface area contributed by atoms with Gasteiger partial charge in [0, 0.05) is 32.4 Å². The third-order valence-corrected chi connectivity index (χ3v) is 3.56. The minimum absolute atomic E-state index is 0.314. The molecule has 0 saturated carbocycles. The molecular formula is C15H13N7. The molecule has 108 valence electrons. The van der Waals surface area contributed by atoms with E-state index in [0.717, 1.165) is 37.8 Å². The number of hydrogen-bond donors (Lipinski definition) is 0. The van der Waals surface area contributed by atoms with Crippen LogP contribution in [0.1, 0.15) is 11.3 Å². The number of hydrogen-bond acceptors (Lipinski definition) is 7. The summed E-state index contributed by atoms with van der Waals surface area (Å²) in [5.74, 6) is 1.50. The predicted octanol–water partition coefficient (Wildman–Crippen LogP) is 0.942. The smallest absolute Gasteiger partial charge is 0.158 e. The third-order valence-electron chi connectivity index (χ3n) is 3.56. The number of pyridine rings is 1. The maximum Gasteiger partial charge on any atom is 0.158 e. The monoisotopic (exact) mass is 291 g/mol. The van der Waals surface area contributed by atoms with Gasteiger partial charge in [-0.15, -0.1) is 0 Å². The Bertz CT molecular complexity index is 734. The van der Waals surface area contributed by atoms with E-state index in [4.69, 9.17) is 10.5 Å². The Morgan fingerprint density at radius 1 is 0.909 bits per heavy atom. The van der Waals surface area contributed by atoms with Crippen LogP contribution >= 0.6 is 0 Å². The van der Waals surface area contributed by atoms with E-state index in [1.54, 1.807) is 24.5 Å². The third kappa shape index (κ3) is 2.65. The number of nitrogens with zero attached hydrogens (tertiary/aromatic N) is 7. The van der Waals surface area contributed by atoms with Crippen LogP contribution in [0.5, 0.6) is 0 Å². The fourth-order valence-corrected chi connectivity index (χ4v) is 2.43. The van der Waals surface area contributed by atoms with Gasteiger partial charge in [0.15, 0.2) is 5.69 Å². The summed E-state index contributed by atoms with van der Waals surface area (Å²) >= 11 is 0. The van der Waals surface area contributed by atoms with E-state index in [9.17, 15) is 0 Å². The fraction of sp³-hybridized carbons (Fsp3) is 0.267. The van der Waals surface area contributed by atoms with Crippen LogP contribution in [0, 0.1) is 22.7 Å². The van der Waals surface area contributed by atoms with Crippen LogP contribution in [0.3, 0.4) is 0 Å². The largest absolute Gasteiger partial charge is 0.352 e. The second-order valence-electron chi connectivity index (χ2n) is 4.83. The first-order valence-electron chi connectivity index (χ1n) is 6.89. The first-order valence-corrected chi connectivity index (χ1v) is 6.89. The molecule has 1 aliphatic heterocycles. The van der Waals surface area contributed by atoms with Crippen LogP contribution in [0.25, 0.3) is 0 Å². The molecule has 0 amide bonds. The zero-order chi connectivity index (χ0) is 15.4. The zero-order valence-corrected chi connectivity index (χ0v) is 11.8. The van der Waals surface area contributed by atoms with Gasteiger partial charge in [0.25, 0.3) is 0 Å². The Kier molecular flexibility index (Phi) is 3.80. The molecule has 2 aromatic rings. The van der Waals surface area contributed by atoms with Crippen LogP contribution in [-0.2, 0) is 0 Å². The van der Waals surface area contributed by atoms with Gasteiger partial charge in [-0.25, -0.2) is 15.0 Å². The Morgan fingerprint density at radius 2 is 1.68 bits per heavy atom. The summed E-state index contributed by atoms with van der Waals surface area (Å²) < 4.78 is 0. The van der Waals surface area contributed by atoms with Gasteiger partial charge in [0.2, 0.25) is 0 Å². The highest BCUT2D eigenvalue weighted by Crippen LogP contribution is 2.19. The highest BCUT2D eigenvalue weighted by molar-refractivity contribution is 5.54. The molecule has 7 nitrogen and oxygen atoms in total. The lowest BCUT2D eigenvalue weighted by Crippen LogP contribution is -2.47. The van der Waals surface area contributed by atoms with Crippen LogP contribution < -0.4 is 9.80 Å². The van der Waals surface area contributed by atoms with Gasteiger partial charge < -0.3 is 9.80 Å². The molecule has 0 unspecified atom stereocenters. The summed E-state index contributed by atoms with van der Waals surface area (Å²) in [4.78, 5) is 16.8. The van der Waals surface area contributed by atoms with Crippen molar-refractivity contribution in [1.82, 2.24) is 15.0 Å². The van der Waals surface area contributed by atoms with Crippen molar-refractivity contribution in [2.24, 2.45) is 0 Å². The molecule has 22 heavy (non-hydrogen) atoms. The van der Waals surface area contributed by atoms with Gasteiger partial charge in [-0.3, -0.25) is 0 Å². The fourth-order valence-electron chi connectivity index (χ4n) is 2.43. The SMILES string of the molecule is N#Cc1cnc(N2CCN(c3ncccc3C#N)CC2)cn1. The van der Waals surface area contributed by atoms with E-state index < -0.39 is 0 Å². The molecule has 0 radical (unpaired) electrons. The van der Waals surface area contributed by atoms with Crippen molar-refractivity contribution < 1.29 is 0 Å². The Balaban J connectivity index is 1.70. The summed E-state index contributed by atoms with van der Waals surface area (Å²) in [5, 5.41) is 17.9.